The molecule has 0 amide bonds. The number of hydrogen-bond acceptors (Lipinski definition) is 6. The first-order valence-electron chi connectivity index (χ1n) is 10.7. The fourth-order valence-corrected chi connectivity index (χ4v) is 4.87. The highest BCUT2D eigenvalue weighted by Gasteiger charge is 2.44. The molecule has 4 rings (SSSR count). The van der Waals surface area contributed by atoms with Crippen LogP contribution in [0.2, 0.25) is 5.02 Å². The van der Waals surface area contributed by atoms with E-state index in [4.69, 9.17) is 16.3 Å². The molecule has 7 heteroatoms. The van der Waals surface area contributed by atoms with E-state index in [9.17, 15) is 25.5 Å². The molecule has 5 N–H and O–H groups in total. The zero-order chi connectivity index (χ0) is 22.2. The predicted octanol–water partition coefficient (Wildman–Crippen LogP) is 2.21. The van der Waals surface area contributed by atoms with E-state index in [1.54, 1.807) is 12.1 Å². The Morgan fingerprint density at radius 1 is 0.935 bits per heavy atom. The largest absolute Gasteiger partial charge is 0.394 e. The van der Waals surface area contributed by atoms with Crippen LogP contribution in [0.3, 0.4) is 0 Å². The summed E-state index contributed by atoms with van der Waals surface area (Å²) in [5.74, 6) is 0. The summed E-state index contributed by atoms with van der Waals surface area (Å²) in [6, 6.07) is 13.1. The summed E-state index contributed by atoms with van der Waals surface area (Å²) in [4.78, 5) is 0. The Bertz CT molecular complexity index is 893. The van der Waals surface area contributed by atoms with E-state index in [0.717, 1.165) is 42.4 Å². The van der Waals surface area contributed by atoms with E-state index in [-0.39, 0.29) is 0 Å². The molecule has 2 fully saturated rings. The lowest BCUT2D eigenvalue weighted by molar-refractivity contribution is -0.231. The molecule has 1 aliphatic heterocycles. The lowest BCUT2D eigenvalue weighted by Gasteiger charge is -2.40. The lowest BCUT2D eigenvalue weighted by Crippen LogP contribution is -2.55. The molecule has 5 atom stereocenters. The average Bonchev–Trinajstić information content (AvgIpc) is 3.22. The van der Waals surface area contributed by atoms with E-state index < -0.39 is 42.7 Å². The molecule has 1 saturated carbocycles. The van der Waals surface area contributed by atoms with E-state index in [1.807, 2.05) is 30.3 Å². The van der Waals surface area contributed by atoms with Crippen LogP contribution >= 0.6 is 11.6 Å². The summed E-state index contributed by atoms with van der Waals surface area (Å²) in [5, 5.41) is 51.2. The molecular formula is C24H29ClO6. The second-order valence-corrected chi connectivity index (χ2v) is 9.12. The normalized spacial score (nSPS) is 30.5. The van der Waals surface area contributed by atoms with Gasteiger partial charge < -0.3 is 30.3 Å². The number of aliphatic hydroxyl groups is 5. The monoisotopic (exact) mass is 448 g/mol. The summed E-state index contributed by atoms with van der Waals surface area (Å²) >= 11 is 6.41. The Morgan fingerprint density at radius 2 is 1.61 bits per heavy atom. The van der Waals surface area contributed by atoms with Crippen molar-refractivity contribution in [2.45, 2.75) is 68.2 Å². The molecular weight excluding hydrogens is 420 g/mol. The van der Waals surface area contributed by atoms with Gasteiger partial charge in [-0.25, -0.2) is 0 Å². The van der Waals surface area contributed by atoms with Crippen LogP contribution in [0.5, 0.6) is 0 Å². The number of ether oxygens (including phenoxy) is 1. The van der Waals surface area contributed by atoms with Gasteiger partial charge in [-0.3, -0.25) is 0 Å². The van der Waals surface area contributed by atoms with Crippen molar-refractivity contribution in [2.75, 3.05) is 6.61 Å². The minimum absolute atomic E-state index is 0.472. The highest BCUT2D eigenvalue weighted by Crippen LogP contribution is 2.39. The quantitative estimate of drug-likeness (QED) is 0.479. The van der Waals surface area contributed by atoms with Crippen molar-refractivity contribution in [1.82, 2.24) is 0 Å². The minimum Gasteiger partial charge on any atom is -0.394 e. The van der Waals surface area contributed by atoms with Gasteiger partial charge in [0.1, 0.15) is 30.5 Å². The summed E-state index contributed by atoms with van der Waals surface area (Å²) in [6.07, 6.45) is -1.81. The molecule has 0 radical (unpaired) electrons. The van der Waals surface area contributed by atoms with Crippen LogP contribution < -0.4 is 0 Å². The van der Waals surface area contributed by atoms with Crippen molar-refractivity contribution < 1.29 is 30.3 Å². The second-order valence-electron chi connectivity index (χ2n) is 8.71. The van der Waals surface area contributed by atoms with Crippen LogP contribution in [0.4, 0.5) is 0 Å². The van der Waals surface area contributed by atoms with E-state index >= 15 is 0 Å². The first-order chi connectivity index (χ1) is 14.8. The van der Waals surface area contributed by atoms with Gasteiger partial charge in [0.2, 0.25) is 0 Å². The fourth-order valence-electron chi connectivity index (χ4n) is 4.69. The number of benzene rings is 2. The van der Waals surface area contributed by atoms with Gasteiger partial charge in [0, 0.05) is 5.02 Å². The van der Waals surface area contributed by atoms with Crippen LogP contribution in [-0.4, -0.2) is 56.6 Å². The summed E-state index contributed by atoms with van der Waals surface area (Å²) in [7, 11) is 0. The highest BCUT2D eigenvalue weighted by molar-refractivity contribution is 6.31. The molecule has 0 aromatic heterocycles. The molecule has 31 heavy (non-hydrogen) atoms. The maximum Gasteiger partial charge on any atom is 0.113 e. The minimum atomic E-state index is -1.43. The smallest absolute Gasteiger partial charge is 0.113 e. The summed E-state index contributed by atoms with van der Waals surface area (Å²) in [5.41, 5.74) is 2.67. The number of aliphatic hydroxyl groups excluding tert-OH is 4. The van der Waals surface area contributed by atoms with Crippen molar-refractivity contribution in [3.8, 4) is 0 Å². The van der Waals surface area contributed by atoms with Crippen molar-refractivity contribution >= 4 is 11.6 Å². The lowest BCUT2D eigenvalue weighted by atomic mass is 9.89. The van der Waals surface area contributed by atoms with E-state index in [0.29, 0.717) is 17.0 Å². The van der Waals surface area contributed by atoms with Crippen molar-refractivity contribution in [1.29, 1.82) is 0 Å². The van der Waals surface area contributed by atoms with Gasteiger partial charge in [0.25, 0.3) is 0 Å². The highest BCUT2D eigenvalue weighted by atomic mass is 35.5. The molecule has 0 bridgehead atoms. The van der Waals surface area contributed by atoms with Crippen LogP contribution in [0.25, 0.3) is 0 Å². The van der Waals surface area contributed by atoms with Gasteiger partial charge in [-0.2, -0.15) is 0 Å². The standard InChI is InChI=1S/C24H29ClO6/c25-18-8-5-15(23-22(29)21(28)20(27)19(13-26)31-23)12-16(18)11-14-3-6-17(7-4-14)24(30)9-1-2-10-24/h3-8,12,19-23,26-30H,1-2,9-11,13H2/t19-,20-,21+,22-,23+/m1/s1. The van der Waals surface area contributed by atoms with Crippen LogP contribution in [0.1, 0.15) is 54.0 Å². The second kappa shape index (κ2) is 9.16. The molecule has 1 heterocycles. The van der Waals surface area contributed by atoms with Crippen LogP contribution in [0.15, 0.2) is 42.5 Å². The SMILES string of the molecule is OC[C@H]1O[C@@H](c2ccc(Cl)c(Cc3ccc(C4(O)CCCC4)cc3)c2)[C@H](O)[C@@H](O)[C@@H]1O. The third kappa shape index (κ3) is 4.52. The number of halogens is 1. The van der Waals surface area contributed by atoms with Crippen molar-refractivity contribution in [2.24, 2.45) is 0 Å². The zero-order valence-electron chi connectivity index (χ0n) is 17.2. The Kier molecular flexibility index (Phi) is 6.70. The molecule has 1 saturated heterocycles. The Balaban J connectivity index is 1.54. The number of hydrogen-bond donors (Lipinski definition) is 5. The Hall–Kier alpha value is -1.51. The van der Waals surface area contributed by atoms with Crippen molar-refractivity contribution in [3.63, 3.8) is 0 Å². The molecule has 0 spiro atoms. The molecule has 2 aliphatic rings. The van der Waals surface area contributed by atoms with Gasteiger partial charge in [-0.05, 0) is 47.6 Å². The van der Waals surface area contributed by atoms with Crippen LogP contribution in [-0.2, 0) is 16.8 Å². The Morgan fingerprint density at radius 3 is 2.26 bits per heavy atom. The third-order valence-electron chi connectivity index (χ3n) is 6.61. The summed E-state index contributed by atoms with van der Waals surface area (Å²) < 4.78 is 5.66. The van der Waals surface area contributed by atoms with Gasteiger partial charge in [0.15, 0.2) is 0 Å². The molecule has 2 aromatic carbocycles. The molecule has 6 nitrogen and oxygen atoms in total. The molecule has 2 aromatic rings. The maximum absolute atomic E-state index is 10.8. The maximum atomic E-state index is 10.8. The summed E-state index contributed by atoms with van der Waals surface area (Å²) in [6.45, 7) is -0.472. The third-order valence-corrected chi connectivity index (χ3v) is 6.98. The molecule has 0 unspecified atom stereocenters. The number of rotatable bonds is 5. The van der Waals surface area contributed by atoms with Crippen molar-refractivity contribution in [3.05, 3.63) is 69.7 Å². The molecule has 1 aliphatic carbocycles. The fraction of sp³-hybridized carbons (Fsp3) is 0.500. The molecule has 168 valence electrons. The zero-order valence-corrected chi connectivity index (χ0v) is 17.9. The Labute approximate surface area is 186 Å². The van der Waals surface area contributed by atoms with Gasteiger partial charge >= 0.3 is 0 Å². The van der Waals surface area contributed by atoms with Crippen LogP contribution in [0, 0.1) is 0 Å². The van der Waals surface area contributed by atoms with E-state index in [2.05, 4.69) is 0 Å². The van der Waals surface area contributed by atoms with E-state index in [1.165, 1.54) is 0 Å². The topological polar surface area (TPSA) is 110 Å². The van der Waals surface area contributed by atoms with Gasteiger partial charge in [-0.1, -0.05) is 60.8 Å². The first-order valence-corrected chi connectivity index (χ1v) is 11.1. The first kappa shape index (κ1) is 22.7. The average molecular weight is 449 g/mol. The van der Waals surface area contributed by atoms with Gasteiger partial charge in [-0.15, -0.1) is 0 Å². The van der Waals surface area contributed by atoms with Gasteiger partial charge in [0.05, 0.1) is 12.2 Å². The predicted molar refractivity (Wildman–Crippen MR) is 116 cm³/mol.